The predicted octanol–water partition coefficient (Wildman–Crippen LogP) is 1.80. The summed E-state index contributed by atoms with van der Waals surface area (Å²) in [5.41, 5.74) is 2.48. The third kappa shape index (κ3) is 4.05. The van der Waals surface area contributed by atoms with E-state index in [0.717, 1.165) is 25.4 Å². The first-order valence-corrected chi connectivity index (χ1v) is 7.67. The fraction of sp³-hybridized carbons (Fsp3) is 0.800. The van der Waals surface area contributed by atoms with Crippen molar-refractivity contribution in [3.05, 3.63) is 17.5 Å². The van der Waals surface area contributed by atoms with Crippen molar-refractivity contribution < 1.29 is 0 Å². The molecule has 1 fully saturated rings. The van der Waals surface area contributed by atoms with Crippen LogP contribution in [0.25, 0.3) is 0 Å². The van der Waals surface area contributed by atoms with Crippen LogP contribution in [0, 0.1) is 5.92 Å². The molecular weight excluding hydrogens is 236 g/mol. The molecule has 0 radical (unpaired) electrons. The van der Waals surface area contributed by atoms with E-state index >= 15 is 0 Å². The number of nitrogens with zero attached hydrogens (tertiary/aromatic N) is 3. The van der Waals surface area contributed by atoms with Gasteiger partial charge < -0.3 is 10.2 Å². The summed E-state index contributed by atoms with van der Waals surface area (Å²) in [6.07, 6.45) is 3.70. The number of hydrogen-bond acceptors (Lipinski definition) is 3. The van der Waals surface area contributed by atoms with E-state index in [1.807, 2.05) is 11.7 Å². The Labute approximate surface area is 117 Å². The number of nitrogens with one attached hydrogen (secondary N) is 1. The molecule has 19 heavy (non-hydrogen) atoms. The quantitative estimate of drug-likeness (QED) is 0.850. The highest BCUT2D eigenvalue weighted by Crippen LogP contribution is 2.16. The number of aromatic nitrogens is 2. The van der Waals surface area contributed by atoms with Gasteiger partial charge in [0, 0.05) is 13.6 Å². The van der Waals surface area contributed by atoms with Gasteiger partial charge in [0.1, 0.15) is 0 Å². The van der Waals surface area contributed by atoms with Gasteiger partial charge in [-0.1, -0.05) is 13.8 Å². The lowest BCUT2D eigenvalue weighted by atomic mass is 9.97. The first-order valence-electron chi connectivity index (χ1n) is 7.67. The van der Waals surface area contributed by atoms with Gasteiger partial charge in [0.05, 0.1) is 11.4 Å². The van der Waals surface area contributed by atoms with E-state index in [1.54, 1.807) is 0 Å². The molecule has 108 valence electrons. The zero-order valence-electron chi connectivity index (χ0n) is 12.7. The van der Waals surface area contributed by atoms with Crippen LogP contribution in [-0.2, 0) is 20.0 Å². The van der Waals surface area contributed by atoms with Gasteiger partial charge in [0.15, 0.2) is 0 Å². The Morgan fingerprint density at radius 3 is 2.63 bits per heavy atom. The summed E-state index contributed by atoms with van der Waals surface area (Å²) in [6.45, 7) is 10.2. The van der Waals surface area contributed by atoms with Crippen LogP contribution >= 0.6 is 0 Å². The maximum atomic E-state index is 4.49. The summed E-state index contributed by atoms with van der Waals surface area (Å²) >= 11 is 0. The predicted molar refractivity (Wildman–Crippen MR) is 79.1 cm³/mol. The van der Waals surface area contributed by atoms with Crippen molar-refractivity contribution in [2.75, 3.05) is 26.2 Å². The van der Waals surface area contributed by atoms with Gasteiger partial charge in [0.2, 0.25) is 0 Å². The molecule has 4 nitrogen and oxygen atoms in total. The molecule has 0 atom stereocenters. The largest absolute Gasteiger partial charge is 0.311 e. The maximum Gasteiger partial charge on any atom is 0.0625 e. The smallest absolute Gasteiger partial charge is 0.0625 e. The average molecular weight is 264 g/mol. The van der Waals surface area contributed by atoms with Crippen molar-refractivity contribution in [1.82, 2.24) is 20.0 Å². The molecule has 0 saturated carbocycles. The fourth-order valence-electron chi connectivity index (χ4n) is 2.82. The van der Waals surface area contributed by atoms with Gasteiger partial charge in [0.25, 0.3) is 0 Å². The summed E-state index contributed by atoms with van der Waals surface area (Å²) < 4.78 is 2.01. The minimum Gasteiger partial charge on any atom is -0.311 e. The lowest BCUT2D eigenvalue weighted by molar-refractivity contribution is 0.190. The monoisotopic (exact) mass is 264 g/mol. The molecule has 1 N–H and O–H groups in total. The van der Waals surface area contributed by atoms with Crippen molar-refractivity contribution in [1.29, 1.82) is 0 Å². The van der Waals surface area contributed by atoms with Crippen LogP contribution in [0.3, 0.4) is 0 Å². The molecule has 0 spiro atoms. The van der Waals surface area contributed by atoms with E-state index in [1.165, 1.54) is 43.9 Å². The van der Waals surface area contributed by atoms with Gasteiger partial charge in [-0.25, -0.2) is 0 Å². The Morgan fingerprint density at radius 2 is 2.05 bits per heavy atom. The number of rotatable bonds is 6. The summed E-state index contributed by atoms with van der Waals surface area (Å²) in [5.74, 6) is 0.849. The Bertz CT molecular complexity index is 377. The molecule has 0 aromatic carbocycles. The van der Waals surface area contributed by atoms with Crippen LogP contribution in [-0.4, -0.2) is 40.9 Å². The number of aryl methyl sites for hydroxylation is 2. The topological polar surface area (TPSA) is 33.1 Å². The molecule has 0 amide bonds. The van der Waals surface area contributed by atoms with Gasteiger partial charge in [-0.2, -0.15) is 5.10 Å². The van der Waals surface area contributed by atoms with Crippen LogP contribution < -0.4 is 5.32 Å². The van der Waals surface area contributed by atoms with E-state index in [2.05, 4.69) is 35.2 Å². The summed E-state index contributed by atoms with van der Waals surface area (Å²) in [5, 5.41) is 8.09. The van der Waals surface area contributed by atoms with Crippen LogP contribution in [0.1, 0.15) is 38.1 Å². The van der Waals surface area contributed by atoms with Gasteiger partial charge in [-0.05, 0) is 57.4 Å². The highest BCUT2D eigenvalue weighted by Gasteiger charge is 2.17. The lowest BCUT2D eigenvalue weighted by Gasteiger charge is -2.31. The van der Waals surface area contributed by atoms with Crippen LogP contribution in [0.5, 0.6) is 0 Å². The normalized spacial score (nSPS) is 18.1. The van der Waals surface area contributed by atoms with Crippen LogP contribution in [0.4, 0.5) is 0 Å². The molecule has 1 aromatic rings. The van der Waals surface area contributed by atoms with E-state index in [4.69, 9.17) is 0 Å². The highest BCUT2D eigenvalue weighted by molar-refractivity contribution is 5.09. The zero-order valence-corrected chi connectivity index (χ0v) is 12.7. The second kappa shape index (κ2) is 7.06. The van der Waals surface area contributed by atoms with E-state index < -0.39 is 0 Å². The van der Waals surface area contributed by atoms with Crippen molar-refractivity contribution in [2.24, 2.45) is 13.0 Å². The Kier molecular flexibility index (Phi) is 5.40. The Hall–Kier alpha value is -0.870. The van der Waals surface area contributed by atoms with Crippen molar-refractivity contribution in [3.63, 3.8) is 0 Å². The number of piperidine rings is 1. The highest BCUT2D eigenvalue weighted by atomic mass is 15.3. The second-order valence-electron chi connectivity index (χ2n) is 5.61. The molecule has 2 heterocycles. The number of likely N-dealkylation sites (tertiary alicyclic amines) is 1. The molecule has 4 heteroatoms. The molecule has 1 aliphatic rings. The minimum absolute atomic E-state index is 0.849. The molecule has 0 unspecified atom stereocenters. The summed E-state index contributed by atoms with van der Waals surface area (Å²) in [4.78, 5) is 2.55. The minimum atomic E-state index is 0.849. The standard InChI is InChI=1S/C15H28N4/c1-4-14-10-15(18(3)17-14)12-16-11-13-6-8-19(5-2)9-7-13/h10,13,16H,4-9,11-12H2,1-3H3. The average Bonchev–Trinajstić information content (AvgIpc) is 2.80. The van der Waals surface area contributed by atoms with Gasteiger partial charge >= 0.3 is 0 Å². The first kappa shape index (κ1) is 14.5. The SMILES string of the molecule is CCc1cc(CNCC2CCN(CC)CC2)n(C)n1. The molecule has 1 saturated heterocycles. The summed E-state index contributed by atoms with van der Waals surface area (Å²) in [6, 6.07) is 2.21. The Morgan fingerprint density at radius 1 is 1.32 bits per heavy atom. The van der Waals surface area contributed by atoms with E-state index in [0.29, 0.717) is 0 Å². The molecule has 1 aliphatic heterocycles. The van der Waals surface area contributed by atoms with Gasteiger partial charge in [-0.15, -0.1) is 0 Å². The molecular formula is C15H28N4. The molecule has 1 aromatic heterocycles. The second-order valence-corrected chi connectivity index (χ2v) is 5.61. The van der Waals surface area contributed by atoms with Crippen molar-refractivity contribution >= 4 is 0 Å². The van der Waals surface area contributed by atoms with Crippen LogP contribution in [0.2, 0.25) is 0 Å². The third-order valence-electron chi connectivity index (χ3n) is 4.28. The molecule has 2 rings (SSSR count). The van der Waals surface area contributed by atoms with Crippen molar-refractivity contribution in [3.8, 4) is 0 Å². The third-order valence-corrected chi connectivity index (χ3v) is 4.28. The van der Waals surface area contributed by atoms with Crippen molar-refractivity contribution in [2.45, 2.75) is 39.7 Å². The lowest BCUT2D eigenvalue weighted by Crippen LogP contribution is -2.37. The van der Waals surface area contributed by atoms with Crippen LogP contribution in [0.15, 0.2) is 6.07 Å². The molecule has 0 aliphatic carbocycles. The van der Waals surface area contributed by atoms with E-state index in [-0.39, 0.29) is 0 Å². The fourth-order valence-corrected chi connectivity index (χ4v) is 2.82. The maximum absolute atomic E-state index is 4.49. The summed E-state index contributed by atoms with van der Waals surface area (Å²) in [7, 11) is 2.04. The van der Waals surface area contributed by atoms with Gasteiger partial charge in [-0.3, -0.25) is 4.68 Å². The first-order chi connectivity index (χ1) is 9.22. The molecule has 0 bridgehead atoms. The van der Waals surface area contributed by atoms with E-state index in [9.17, 15) is 0 Å². The Balaban J connectivity index is 1.70. The zero-order chi connectivity index (χ0) is 13.7. The number of hydrogen-bond donors (Lipinski definition) is 1.